The van der Waals surface area contributed by atoms with Crippen molar-refractivity contribution >= 4 is 11.5 Å². The summed E-state index contributed by atoms with van der Waals surface area (Å²) in [5, 5.41) is 12.4. The molecule has 0 amide bonds. The quantitative estimate of drug-likeness (QED) is 0.874. The minimum Gasteiger partial charge on any atom is -0.396 e. The van der Waals surface area contributed by atoms with Gasteiger partial charge in [0, 0.05) is 0 Å². The van der Waals surface area contributed by atoms with Crippen LogP contribution in [0.4, 0.5) is 11.5 Å². The van der Waals surface area contributed by atoms with Gasteiger partial charge in [0.15, 0.2) is 5.69 Å². The predicted molar refractivity (Wildman–Crippen MR) is 79.1 cm³/mol. The number of benzene rings is 1. The molecular formula is C16H16N4. The molecule has 3 rings (SSSR count). The van der Waals surface area contributed by atoms with Gasteiger partial charge in [0.1, 0.15) is 11.9 Å². The Kier molecular flexibility index (Phi) is 3.26. The van der Waals surface area contributed by atoms with Crippen LogP contribution in [0.2, 0.25) is 0 Å². The molecule has 4 heteroatoms. The van der Waals surface area contributed by atoms with Crippen LogP contribution in [-0.4, -0.2) is 4.98 Å². The summed E-state index contributed by atoms with van der Waals surface area (Å²) >= 11 is 0. The number of aryl methyl sites for hydroxylation is 1. The lowest BCUT2D eigenvalue weighted by molar-refractivity contribution is 0.598. The molecule has 1 atom stereocenters. The van der Waals surface area contributed by atoms with Crippen LogP contribution in [0.15, 0.2) is 36.4 Å². The number of rotatable bonds is 2. The number of pyridine rings is 1. The monoisotopic (exact) mass is 264 g/mol. The third kappa shape index (κ3) is 2.30. The minimum atomic E-state index is 0.252. The number of nitrogens with one attached hydrogen (secondary N) is 1. The zero-order chi connectivity index (χ0) is 13.9. The number of nitrogen functional groups attached to an aromatic ring is 1. The van der Waals surface area contributed by atoms with Crippen molar-refractivity contribution in [2.45, 2.75) is 25.3 Å². The molecule has 0 saturated carbocycles. The maximum atomic E-state index is 8.99. The molecule has 2 aromatic rings. The van der Waals surface area contributed by atoms with Crippen LogP contribution in [0, 0.1) is 11.3 Å². The maximum absolute atomic E-state index is 8.99. The standard InChI is InChI=1S/C16H16N4/c17-10-15-13(18)8-9-16(20-15)19-14-7-3-5-11-4-1-2-6-12(11)14/h1-2,4,6,8-9,14H,3,5,7,18H2,(H,19,20). The second-order valence-electron chi connectivity index (χ2n) is 5.03. The van der Waals surface area contributed by atoms with E-state index in [1.807, 2.05) is 12.1 Å². The zero-order valence-corrected chi connectivity index (χ0v) is 11.1. The molecule has 20 heavy (non-hydrogen) atoms. The fourth-order valence-corrected chi connectivity index (χ4v) is 2.72. The third-order valence-electron chi connectivity index (χ3n) is 3.72. The Morgan fingerprint density at radius 2 is 2.10 bits per heavy atom. The number of anilines is 2. The highest BCUT2D eigenvalue weighted by Gasteiger charge is 2.19. The Bertz CT molecular complexity index is 672. The Morgan fingerprint density at radius 1 is 1.25 bits per heavy atom. The van der Waals surface area contributed by atoms with Crippen molar-refractivity contribution in [1.82, 2.24) is 4.98 Å². The molecule has 0 aliphatic heterocycles. The van der Waals surface area contributed by atoms with Gasteiger partial charge >= 0.3 is 0 Å². The van der Waals surface area contributed by atoms with Crippen molar-refractivity contribution in [2.24, 2.45) is 0 Å². The Balaban J connectivity index is 1.88. The first-order chi connectivity index (χ1) is 9.78. The van der Waals surface area contributed by atoms with Gasteiger partial charge in [-0.1, -0.05) is 24.3 Å². The number of nitrogens with two attached hydrogens (primary N) is 1. The first-order valence-electron chi connectivity index (χ1n) is 6.79. The first-order valence-corrected chi connectivity index (χ1v) is 6.79. The van der Waals surface area contributed by atoms with Gasteiger partial charge in [-0.15, -0.1) is 0 Å². The van der Waals surface area contributed by atoms with E-state index in [9.17, 15) is 0 Å². The molecule has 0 radical (unpaired) electrons. The van der Waals surface area contributed by atoms with Gasteiger partial charge in [0.2, 0.25) is 0 Å². The number of hydrogen-bond donors (Lipinski definition) is 2. The molecule has 0 spiro atoms. The molecule has 1 unspecified atom stereocenters. The largest absolute Gasteiger partial charge is 0.396 e. The lowest BCUT2D eigenvalue weighted by atomic mass is 9.88. The number of aromatic nitrogens is 1. The van der Waals surface area contributed by atoms with Crippen molar-refractivity contribution in [2.75, 3.05) is 11.1 Å². The van der Waals surface area contributed by atoms with Gasteiger partial charge in [-0.3, -0.25) is 0 Å². The summed E-state index contributed by atoms with van der Waals surface area (Å²) in [5.41, 5.74) is 9.12. The highest BCUT2D eigenvalue weighted by molar-refractivity contribution is 5.55. The SMILES string of the molecule is N#Cc1nc(NC2CCCc3ccccc32)ccc1N. The number of hydrogen-bond acceptors (Lipinski definition) is 4. The lowest BCUT2D eigenvalue weighted by Gasteiger charge is -2.26. The Morgan fingerprint density at radius 3 is 2.95 bits per heavy atom. The minimum absolute atomic E-state index is 0.252. The fraction of sp³-hybridized carbons (Fsp3) is 0.250. The molecule has 4 nitrogen and oxygen atoms in total. The summed E-state index contributed by atoms with van der Waals surface area (Å²) in [7, 11) is 0. The molecule has 1 aromatic heterocycles. The van der Waals surface area contributed by atoms with Crippen LogP contribution in [0.5, 0.6) is 0 Å². The van der Waals surface area contributed by atoms with Crippen LogP contribution in [0.25, 0.3) is 0 Å². The van der Waals surface area contributed by atoms with Crippen molar-refractivity contribution < 1.29 is 0 Å². The van der Waals surface area contributed by atoms with E-state index in [4.69, 9.17) is 11.0 Å². The van der Waals surface area contributed by atoms with E-state index < -0.39 is 0 Å². The van der Waals surface area contributed by atoms with Crippen LogP contribution in [0.3, 0.4) is 0 Å². The molecular weight excluding hydrogens is 248 g/mol. The normalized spacial score (nSPS) is 17.1. The van der Waals surface area contributed by atoms with Gasteiger partial charge in [-0.2, -0.15) is 5.26 Å². The summed E-state index contributed by atoms with van der Waals surface area (Å²) in [6, 6.07) is 14.3. The summed E-state index contributed by atoms with van der Waals surface area (Å²) in [6.45, 7) is 0. The van der Waals surface area contributed by atoms with Gasteiger partial charge in [0.25, 0.3) is 0 Å². The highest BCUT2D eigenvalue weighted by Crippen LogP contribution is 2.32. The van der Waals surface area contributed by atoms with Crippen molar-refractivity contribution in [1.29, 1.82) is 5.26 Å². The fourth-order valence-electron chi connectivity index (χ4n) is 2.72. The molecule has 100 valence electrons. The Labute approximate surface area is 118 Å². The first kappa shape index (κ1) is 12.5. The average Bonchev–Trinajstić information content (AvgIpc) is 2.49. The van der Waals surface area contributed by atoms with Gasteiger partial charge < -0.3 is 11.1 Å². The molecule has 1 aliphatic carbocycles. The average molecular weight is 264 g/mol. The zero-order valence-electron chi connectivity index (χ0n) is 11.1. The van der Waals surface area contributed by atoms with Crippen molar-refractivity contribution in [3.05, 3.63) is 53.2 Å². The van der Waals surface area contributed by atoms with Gasteiger partial charge in [-0.05, 0) is 42.5 Å². The molecule has 0 fully saturated rings. The Hall–Kier alpha value is -2.54. The number of nitriles is 1. The second kappa shape index (κ2) is 5.22. The summed E-state index contributed by atoms with van der Waals surface area (Å²) in [6.07, 6.45) is 3.37. The molecule has 0 bridgehead atoms. The summed E-state index contributed by atoms with van der Waals surface area (Å²) in [5.74, 6) is 0.706. The van der Waals surface area contributed by atoms with E-state index in [1.165, 1.54) is 11.1 Å². The topological polar surface area (TPSA) is 74.7 Å². The lowest BCUT2D eigenvalue weighted by Crippen LogP contribution is -2.18. The summed E-state index contributed by atoms with van der Waals surface area (Å²) < 4.78 is 0. The second-order valence-corrected chi connectivity index (χ2v) is 5.03. The van der Waals surface area contributed by atoms with E-state index in [1.54, 1.807) is 6.07 Å². The van der Waals surface area contributed by atoms with E-state index in [0.717, 1.165) is 19.3 Å². The smallest absolute Gasteiger partial charge is 0.165 e. The predicted octanol–water partition coefficient (Wildman–Crippen LogP) is 3.02. The number of fused-ring (bicyclic) bond motifs is 1. The van der Waals surface area contributed by atoms with E-state index >= 15 is 0 Å². The van der Waals surface area contributed by atoms with Gasteiger partial charge in [-0.25, -0.2) is 4.98 Å². The van der Waals surface area contributed by atoms with Crippen LogP contribution >= 0.6 is 0 Å². The van der Waals surface area contributed by atoms with E-state index in [2.05, 4.69) is 34.6 Å². The van der Waals surface area contributed by atoms with E-state index in [0.29, 0.717) is 11.5 Å². The van der Waals surface area contributed by atoms with Crippen LogP contribution in [0.1, 0.15) is 35.7 Å². The molecule has 0 saturated heterocycles. The third-order valence-corrected chi connectivity index (χ3v) is 3.72. The molecule has 1 heterocycles. The van der Waals surface area contributed by atoms with Crippen molar-refractivity contribution in [3.63, 3.8) is 0 Å². The van der Waals surface area contributed by atoms with Gasteiger partial charge in [0.05, 0.1) is 11.7 Å². The molecule has 1 aliphatic rings. The highest BCUT2D eigenvalue weighted by atomic mass is 15.0. The van der Waals surface area contributed by atoms with Crippen LogP contribution in [-0.2, 0) is 6.42 Å². The molecule has 1 aromatic carbocycles. The number of nitrogens with zero attached hydrogens (tertiary/aromatic N) is 2. The van der Waals surface area contributed by atoms with E-state index in [-0.39, 0.29) is 11.7 Å². The summed E-state index contributed by atoms with van der Waals surface area (Å²) in [4.78, 5) is 4.26. The van der Waals surface area contributed by atoms with Crippen LogP contribution < -0.4 is 11.1 Å². The van der Waals surface area contributed by atoms with Crippen molar-refractivity contribution in [3.8, 4) is 6.07 Å². The molecule has 3 N–H and O–H groups in total. The maximum Gasteiger partial charge on any atom is 0.165 e.